The fraction of sp³-hybridized carbons (Fsp3) is 0.600. The molecular formula is C15H23NO3. The maximum Gasteiger partial charge on any atom is 0.124 e. The van der Waals surface area contributed by atoms with E-state index in [2.05, 4.69) is 17.4 Å². The lowest BCUT2D eigenvalue weighted by Crippen LogP contribution is -2.14. The van der Waals surface area contributed by atoms with E-state index < -0.39 is 0 Å². The minimum atomic E-state index is 0.270. The maximum absolute atomic E-state index is 5.75. The van der Waals surface area contributed by atoms with Gasteiger partial charge in [-0.1, -0.05) is 6.07 Å². The van der Waals surface area contributed by atoms with Crippen LogP contribution in [0.2, 0.25) is 0 Å². The van der Waals surface area contributed by atoms with Crippen molar-refractivity contribution in [1.29, 1.82) is 0 Å². The molecule has 1 aromatic carbocycles. The molecule has 1 N–H and O–H groups in total. The number of hydrogen-bond donors (Lipinski definition) is 1. The van der Waals surface area contributed by atoms with Gasteiger partial charge in [0.1, 0.15) is 5.75 Å². The smallest absolute Gasteiger partial charge is 0.124 e. The molecule has 0 saturated carbocycles. The van der Waals surface area contributed by atoms with Gasteiger partial charge in [-0.3, -0.25) is 0 Å². The lowest BCUT2D eigenvalue weighted by molar-refractivity contribution is 0.0101. The molecule has 1 heterocycles. The van der Waals surface area contributed by atoms with Gasteiger partial charge >= 0.3 is 0 Å². The van der Waals surface area contributed by atoms with Gasteiger partial charge in [-0.2, -0.15) is 0 Å². The monoisotopic (exact) mass is 265 g/mol. The minimum absolute atomic E-state index is 0.270. The molecule has 0 amide bonds. The van der Waals surface area contributed by atoms with Crippen molar-refractivity contribution >= 4 is 0 Å². The molecule has 1 atom stereocenters. The van der Waals surface area contributed by atoms with Crippen LogP contribution in [0.15, 0.2) is 18.2 Å². The van der Waals surface area contributed by atoms with Gasteiger partial charge in [0, 0.05) is 18.7 Å². The molecule has 2 rings (SSSR count). The number of nitrogens with one attached hydrogen (secondary N) is 1. The Labute approximate surface area is 115 Å². The van der Waals surface area contributed by atoms with Crippen molar-refractivity contribution in [2.75, 3.05) is 27.4 Å². The summed E-state index contributed by atoms with van der Waals surface area (Å²) in [4.78, 5) is 0. The third-order valence-corrected chi connectivity index (χ3v) is 3.31. The predicted molar refractivity (Wildman–Crippen MR) is 74.4 cm³/mol. The Morgan fingerprint density at radius 2 is 2.32 bits per heavy atom. The second-order valence-electron chi connectivity index (χ2n) is 4.83. The third-order valence-electron chi connectivity index (χ3n) is 3.31. The van der Waals surface area contributed by atoms with E-state index in [9.17, 15) is 0 Å². The van der Waals surface area contributed by atoms with E-state index in [0.29, 0.717) is 13.2 Å². The zero-order valence-corrected chi connectivity index (χ0v) is 11.8. The van der Waals surface area contributed by atoms with E-state index in [1.807, 2.05) is 13.1 Å². The number of ether oxygens (including phenoxy) is 3. The summed E-state index contributed by atoms with van der Waals surface area (Å²) < 4.78 is 16.7. The first kappa shape index (κ1) is 14.3. The van der Waals surface area contributed by atoms with Gasteiger partial charge in [0.05, 0.1) is 26.4 Å². The van der Waals surface area contributed by atoms with E-state index in [0.717, 1.165) is 37.3 Å². The normalized spacial score (nSPS) is 18.7. The van der Waals surface area contributed by atoms with Crippen LogP contribution in [0.4, 0.5) is 0 Å². The van der Waals surface area contributed by atoms with Crippen LogP contribution in [0.5, 0.6) is 5.75 Å². The molecule has 0 radical (unpaired) electrons. The summed E-state index contributed by atoms with van der Waals surface area (Å²) in [6.45, 7) is 2.96. The van der Waals surface area contributed by atoms with Gasteiger partial charge in [-0.25, -0.2) is 0 Å². The molecule has 19 heavy (non-hydrogen) atoms. The second kappa shape index (κ2) is 7.48. The Hall–Kier alpha value is -1.10. The Balaban J connectivity index is 1.90. The topological polar surface area (TPSA) is 39.7 Å². The average Bonchev–Trinajstić information content (AvgIpc) is 2.93. The number of benzene rings is 1. The Kier molecular flexibility index (Phi) is 5.63. The van der Waals surface area contributed by atoms with Crippen molar-refractivity contribution in [3.05, 3.63) is 29.3 Å². The first-order valence-electron chi connectivity index (χ1n) is 6.83. The molecule has 1 saturated heterocycles. The predicted octanol–water partition coefficient (Wildman–Crippen LogP) is 2.11. The Bertz CT molecular complexity index is 389. The highest BCUT2D eigenvalue weighted by Crippen LogP contribution is 2.21. The van der Waals surface area contributed by atoms with E-state index >= 15 is 0 Å². The van der Waals surface area contributed by atoms with E-state index in [1.54, 1.807) is 7.11 Å². The van der Waals surface area contributed by atoms with Gasteiger partial charge < -0.3 is 19.5 Å². The average molecular weight is 265 g/mol. The van der Waals surface area contributed by atoms with Crippen LogP contribution in [-0.4, -0.2) is 33.5 Å². The molecule has 106 valence electrons. The summed E-state index contributed by atoms with van der Waals surface area (Å²) in [5.41, 5.74) is 2.33. The number of rotatable bonds is 7. The molecule has 1 aromatic rings. The summed E-state index contributed by atoms with van der Waals surface area (Å²) in [5.74, 6) is 0.882. The molecule has 0 aromatic heterocycles. The summed E-state index contributed by atoms with van der Waals surface area (Å²) in [6, 6.07) is 6.20. The van der Waals surface area contributed by atoms with Gasteiger partial charge in [-0.15, -0.1) is 0 Å². The summed E-state index contributed by atoms with van der Waals surface area (Å²) in [7, 11) is 3.63. The molecule has 0 bridgehead atoms. The van der Waals surface area contributed by atoms with Crippen LogP contribution in [0.1, 0.15) is 24.0 Å². The molecule has 4 heteroatoms. The van der Waals surface area contributed by atoms with Crippen molar-refractivity contribution in [2.24, 2.45) is 0 Å². The largest absolute Gasteiger partial charge is 0.496 e. The molecule has 1 unspecified atom stereocenters. The van der Waals surface area contributed by atoms with Crippen molar-refractivity contribution < 1.29 is 14.2 Å². The molecule has 4 nitrogen and oxygen atoms in total. The quantitative estimate of drug-likeness (QED) is 0.819. The van der Waals surface area contributed by atoms with Crippen molar-refractivity contribution in [3.8, 4) is 5.75 Å². The standard InChI is InChI=1S/C15H23NO3/c1-16-9-12-5-6-15(17-2)13(8-12)10-18-11-14-4-3-7-19-14/h5-6,8,14,16H,3-4,7,9-11H2,1-2H3. The fourth-order valence-electron chi connectivity index (χ4n) is 2.33. The van der Waals surface area contributed by atoms with E-state index in [1.165, 1.54) is 5.56 Å². The Morgan fingerprint density at radius 1 is 1.42 bits per heavy atom. The highest BCUT2D eigenvalue weighted by Gasteiger charge is 2.15. The van der Waals surface area contributed by atoms with Crippen LogP contribution in [-0.2, 0) is 22.6 Å². The number of methoxy groups -OCH3 is 1. The van der Waals surface area contributed by atoms with Crippen molar-refractivity contribution in [1.82, 2.24) is 5.32 Å². The van der Waals surface area contributed by atoms with Crippen LogP contribution in [0, 0.1) is 0 Å². The SMILES string of the molecule is CNCc1ccc(OC)c(COCC2CCCO2)c1. The second-order valence-corrected chi connectivity index (χ2v) is 4.83. The molecule has 0 spiro atoms. The lowest BCUT2D eigenvalue weighted by Gasteiger charge is -2.13. The van der Waals surface area contributed by atoms with Gasteiger partial charge in [0.2, 0.25) is 0 Å². The van der Waals surface area contributed by atoms with Gasteiger partial charge in [0.25, 0.3) is 0 Å². The highest BCUT2D eigenvalue weighted by molar-refractivity contribution is 5.36. The molecule has 1 fully saturated rings. The van der Waals surface area contributed by atoms with Crippen LogP contribution in [0.25, 0.3) is 0 Å². The molecular weight excluding hydrogens is 242 g/mol. The molecule has 1 aliphatic heterocycles. The summed E-state index contributed by atoms with van der Waals surface area (Å²) in [5, 5.41) is 3.15. The molecule has 1 aliphatic rings. The van der Waals surface area contributed by atoms with Gasteiger partial charge in [0.15, 0.2) is 0 Å². The zero-order valence-electron chi connectivity index (χ0n) is 11.8. The minimum Gasteiger partial charge on any atom is -0.496 e. The van der Waals surface area contributed by atoms with Crippen molar-refractivity contribution in [3.63, 3.8) is 0 Å². The van der Waals surface area contributed by atoms with Crippen molar-refractivity contribution in [2.45, 2.75) is 32.1 Å². The summed E-state index contributed by atoms with van der Waals surface area (Å²) >= 11 is 0. The number of hydrogen-bond acceptors (Lipinski definition) is 4. The van der Waals surface area contributed by atoms with E-state index in [4.69, 9.17) is 14.2 Å². The maximum atomic E-state index is 5.75. The van der Waals surface area contributed by atoms with Crippen LogP contribution in [0.3, 0.4) is 0 Å². The third kappa shape index (κ3) is 4.20. The first-order valence-corrected chi connectivity index (χ1v) is 6.83. The van der Waals surface area contributed by atoms with Gasteiger partial charge in [-0.05, 0) is 37.6 Å². The lowest BCUT2D eigenvalue weighted by atomic mass is 10.1. The van der Waals surface area contributed by atoms with Crippen LogP contribution >= 0.6 is 0 Å². The van der Waals surface area contributed by atoms with E-state index in [-0.39, 0.29) is 6.10 Å². The Morgan fingerprint density at radius 3 is 3.00 bits per heavy atom. The van der Waals surface area contributed by atoms with Crippen LogP contribution < -0.4 is 10.1 Å². The highest BCUT2D eigenvalue weighted by atomic mass is 16.5. The molecule has 0 aliphatic carbocycles. The zero-order chi connectivity index (χ0) is 13.5. The summed E-state index contributed by atoms with van der Waals surface area (Å²) in [6.07, 6.45) is 2.53. The fourth-order valence-corrected chi connectivity index (χ4v) is 2.33. The first-order chi connectivity index (χ1) is 9.33.